The summed E-state index contributed by atoms with van der Waals surface area (Å²) in [6.45, 7) is 0. The van der Waals surface area contributed by atoms with Crippen LogP contribution in [0.5, 0.6) is 0 Å². The Morgan fingerprint density at radius 1 is 1.18 bits per heavy atom. The number of hydrogen-bond donors (Lipinski definition) is 1. The molecule has 0 unspecified atom stereocenters. The summed E-state index contributed by atoms with van der Waals surface area (Å²) in [4.78, 5) is 4.46. The quantitative estimate of drug-likeness (QED) is 0.858. The summed E-state index contributed by atoms with van der Waals surface area (Å²) >= 11 is 0. The van der Waals surface area contributed by atoms with Crippen molar-refractivity contribution in [3.05, 3.63) is 36.2 Å². The molecule has 1 aromatic heterocycles. The van der Waals surface area contributed by atoms with Crippen molar-refractivity contribution in [1.29, 1.82) is 0 Å². The van der Waals surface area contributed by atoms with Crippen LogP contribution < -0.4 is 5.73 Å². The van der Waals surface area contributed by atoms with Gasteiger partial charge in [0, 0.05) is 17.5 Å². The maximum atomic E-state index is 6.04. The smallest absolute Gasteiger partial charge is 0.257 e. The molecule has 1 aliphatic rings. The van der Waals surface area contributed by atoms with Crippen molar-refractivity contribution in [3.63, 3.8) is 0 Å². The summed E-state index contributed by atoms with van der Waals surface area (Å²) in [5, 5.41) is 4.06. The van der Waals surface area contributed by atoms with E-state index in [0.717, 1.165) is 30.7 Å². The van der Waals surface area contributed by atoms with E-state index in [2.05, 4.69) is 10.1 Å². The molecule has 0 spiro atoms. The molecule has 0 aliphatic heterocycles. The van der Waals surface area contributed by atoms with Crippen LogP contribution in [0.3, 0.4) is 0 Å². The number of benzene rings is 1. The van der Waals surface area contributed by atoms with Gasteiger partial charge in [-0.05, 0) is 25.0 Å². The van der Waals surface area contributed by atoms with Gasteiger partial charge >= 0.3 is 0 Å². The minimum atomic E-state index is 0.177. The fourth-order valence-electron chi connectivity index (χ4n) is 2.39. The number of nitrogens with zero attached hydrogens (tertiary/aromatic N) is 2. The van der Waals surface area contributed by atoms with Gasteiger partial charge in [-0.15, -0.1) is 0 Å². The van der Waals surface area contributed by atoms with Crippen LogP contribution in [0.2, 0.25) is 0 Å². The molecule has 1 fully saturated rings. The topological polar surface area (TPSA) is 64.9 Å². The number of hydrogen-bond acceptors (Lipinski definition) is 4. The summed E-state index contributed by atoms with van der Waals surface area (Å²) < 4.78 is 5.29. The van der Waals surface area contributed by atoms with Gasteiger partial charge in [-0.3, -0.25) is 0 Å². The molecule has 17 heavy (non-hydrogen) atoms. The van der Waals surface area contributed by atoms with Crippen LogP contribution in [0.4, 0.5) is 0 Å². The van der Waals surface area contributed by atoms with Crippen molar-refractivity contribution in [1.82, 2.24) is 10.1 Å². The second kappa shape index (κ2) is 4.30. The molecule has 2 aromatic rings. The minimum Gasteiger partial charge on any atom is -0.334 e. The number of rotatable bonds is 2. The first kappa shape index (κ1) is 10.5. The predicted octanol–water partition coefficient (Wildman–Crippen LogP) is 2.33. The predicted molar refractivity (Wildman–Crippen MR) is 64.3 cm³/mol. The van der Waals surface area contributed by atoms with Crippen LogP contribution in [-0.4, -0.2) is 16.2 Å². The van der Waals surface area contributed by atoms with Crippen LogP contribution >= 0.6 is 0 Å². The fraction of sp³-hybridized carbons (Fsp3) is 0.385. The molecular weight excluding hydrogens is 214 g/mol. The van der Waals surface area contributed by atoms with Gasteiger partial charge < -0.3 is 10.3 Å². The zero-order valence-corrected chi connectivity index (χ0v) is 9.54. The van der Waals surface area contributed by atoms with Crippen LogP contribution in [0, 0.1) is 0 Å². The minimum absolute atomic E-state index is 0.177. The highest BCUT2D eigenvalue weighted by atomic mass is 16.5. The van der Waals surface area contributed by atoms with E-state index >= 15 is 0 Å². The van der Waals surface area contributed by atoms with E-state index in [1.807, 2.05) is 30.3 Å². The Kier molecular flexibility index (Phi) is 2.65. The fourth-order valence-corrected chi connectivity index (χ4v) is 2.39. The van der Waals surface area contributed by atoms with Crippen molar-refractivity contribution in [2.24, 2.45) is 5.73 Å². The highest BCUT2D eigenvalue weighted by Gasteiger charge is 2.29. The van der Waals surface area contributed by atoms with E-state index in [1.54, 1.807) is 0 Å². The average molecular weight is 229 g/mol. The molecule has 4 heteroatoms. The number of aromatic nitrogens is 2. The Labute approximate surface area is 99.8 Å². The molecule has 0 amide bonds. The maximum absolute atomic E-state index is 6.04. The van der Waals surface area contributed by atoms with Gasteiger partial charge in [0.15, 0.2) is 5.82 Å². The average Bonchev–Trinajstić information content (AvgIpc) is 2.98. The zero-order valence-electron chi connectivity index (χ0n) is 9.54. The molecule has 88 valence electrons. The maximum Gasteiger partial charge on any atom is 0.257 e. The third kappa shape index (κ3) is 1.96. The van der Waals surface area contributed by atoms with E-state index in [1.165, 1.54) is 0 Å². The van der Waals surface area contributed by atoms with E-state index < -0.39 is 0 Å². The lowest BCUT2D eigenvalue weighted by Crippen LogP contribution is -2.23. The lowest BCUT2D eigenvalue weighted by atomic mass is 10.0. The van der Waals surface area contributed by atoms with Gasteiger partial charge in [0.1, 0.15) is 0 Å². The first-order chi connectivity index (χ1) is 8.34. The molecule has 0 saturated heterocycles. The Bertz CT molecular complexity index is 494. The molecule has 0 bridgehead atoms. The Morgan fingerprint density at radius 3 is 2.71 bits per heavy atom. The van der Waals surface area contributed by atoms with Gasteiger partial charge in [0.05, 0.1) is 0 Å². The van der Waals surface area contributed by atoms with Crippen LogP contribution in [0.1, 0.15) is 31.0 Å². The van der Waals surface area contributed by atoms with E-state index in [4.69, 9.17) is 10.3 Å². The molecule has 1 heterocycles. The first-order valence-corrected chi connectivity index (χ1v) is 5.99. The number of nitrogens with two attached hydrogens (primary N) is 1. The second-order valence-electron chi connectivity index (χ2n) is 4.53. The highest BCUT2D eigenvalue weighted by molar-refractivity contribution is 5.52. The van der Waals surface area contributed by atoms with Crippen LogP contribution in [0.25, 0.3) is 11.5 Å². The standard InChI is InChI=1S/C13H15N3O/c14-11-8-4-7-10(11)12-15-13(17-16-12)9-5-2-1-3-6-9/h1-3,5-6,10-11H,4,7-8,14H2/t10-,11-/m0/s1. The van der Waals surface area contributed by atoms with Crippen molar-refractivity contribution < 1.29 is 4.52 Å². The van der Waals surface area contributed by atoms with Gasteiger partial charge in [0.25, 0.3) is 5.89 Å². The van der Waals surface area contributed by atoms with Crippen LogP contribution in [-0.2, 0) is 0 Å². The van der Waals surface area contributed by atoms with Crippen LogP contribution in [0.15, 0.2) is 34.9 Å². The molecular formula is C13H15N3O. The molecule has 1 aliphatic carbocycles. The molecule has 1 saturated carbocycles. The van der Waals surface area contributed by atoms with Crippen molar-refractivity contribution in [3.8, 4) is 11.5 Å². The van der Waals surface area contributed by atoms with E-state index in [9.17, 15) is 0 Å². The molecule has 0 radical (unpaired) electrons. The summed E-state index contributed by atoms with van der Waals surface area (Å²) in [6, 6.07) is 9.99. The summed E-state index contributed by atoms with van der Waals surface area (Å²) in [5.41, 5.74) is 6.99. The Balaban J connectivity index is 1.88. The largest absolute Gasteiger partial charge is 0.334 e. The lowest BCUT2D eigenvalue weighted by Gasteiger charge is -2.09. The Morgan fingerprint density at radius 2 is 2.00 bits per heavy atom. The Hall–Kier alpha value is -1.68. The molecule has 2 N–H and O–H groups in total. The summed E-state index contributed by atoms with van der Waals surface area (Å²) in [5.74, 6) is 1.60. The zero-order chi connectivity index (χ0) is 11.7. The first-order valence-electron chi connectivity index (χ1n) is 5.99. The van der Waals surface area contributed by atoms with Gasteiger partial charge in [-0.1, -0.05) is 29.8 Å². The lowest BCUT2D eigenvalue weighted by molar-refractivity contribution is 0.412. The molecule has 4 nitrogen and oxygen atoms in total. The molecule has 2 atom stereocenters. The van der Waals surface area contributed by atoms with E-state index in [-0.39, 0.29) is 12.0 Å². The van der Waals surface area contributed by atoms with Gasteiger partial charge in [-0.2, -0.15) is 4.98 Å². The van der Waals surface area contributed by atoms with Gasteiger partial charge in [0.2, 0.25) is 0 Å². The van der Waals surface area contributed by atoms with Crippen molar-refractivity contribution in [2.45, 2.75) is 31.2 Å². The summed E-state index contributed by atoms with van der Waals surface area (Å²) in [6.07, 6.45) is 3.27. The molecule has 1 aromatic carbocycles. The normalized spacial score (nSPS) is 24.1. The van der Waals surface area contributed by atoms with Crippen molar-refractivity contribution >= 4 is 0 Å². The van der Waals surface area contributed by atoms with Gasteiger partial charge in [-0.25, -0.2) is 0 Å². The third-order valence-corrected chi connectivity index (χ3v) is 3.36. The SMILES string of the molecule is N[C@H]1CCC[C@@H]1c1noc(-c2ccccc2)n1. The van der Waals surface area contributed by atoms with E-state index in [0.29, 0.717) is 5.89 Å². The summed E-state index contributed by atoms with van der Waals surface area (Å²) in [7, 11) is 0. The second-order valence-corrected chi connectivity index (χ2v) is 4.53. The highest BCUT2D eigenvalue weighted by Crippen LogP contribution is 2.32. The third-order valence-electron chi connectivity index (χ3n) is 3.36. The van der Waals surface area contributed by atoms with Crippen molar-refractivity contribution in [2.75, 3.05) is 0 Å². The monoisotopic (exact) mass is 229 g/mol. The molecule has 3 rings (SSSR count).